The van der Waals surface area contributed by atoms with Gasteiger partial charge < -0.3 is 10.2 Å². The molecule has 150 valence electrons. The summed E-state index contributed by atoms with van der Waals surface area (Å²) in [6, 6.07) is 15.5. The largest absolute Gasteiger partial charge is 0.352 e. The second-order valence-electron chi connectivity index (χ2n) is 7.18. The van der Waals surface area contributed by atoms with Crippen LogP contribution in [-0.4, -0.2) is 35.3 Å². The molecule has 0 aliphatic carbocycles. The zero-order valence-corrected chi connectivity index (χ0v) is 16.8. The Hall–Kier alpha value is -2.69. The van der Waals surface area contributed by atoms with Gasteiger partial charge in [-0.3, -0.25) is 9.59 Å². The van der Waals surface area contributed by atoms with Crippen molar-refractivity contribution in [2.45, 2.75) is 52.1 Å². The molecule has 1 atom stereocenters. The third-order valence-electron chi connectivity index (χ3n) is 4.60. The summed E-state index contributed by atoms with van der Waals surface area (Å²) in [7, 11) is 0. The molecule has 1 unspecified atom stereocenters. The number of halogens is 1. The summed E-state index contributed by atoms with van der Waals surface area (Å²) in [6.45, 7) is 6.07. The van der Waals surface area contributed by atoms with E-state index in [1.54, 1.807) is 23.1 Å². The average Bonchev–Trinajstić information content (AvgIpc) is 2.67. The number of benzene rings is 2. The Morgan fingerprint density at radius 1 is 1.04 bits per heavy atom. The molecule has 0 aliphatic heterocycles. The fourth-order valence-electron chi connectivity index (χ4n) is 3.18. The van der Waals surface area contributed by atoms with E-state index in [4.69, 9.17) is 0 Å². The lowest BCUT2D eigenvalue weighted by Gasteiger charge is -2.31. The molecule has 0 heterocycles. The van der Waals surface area contributed by atoms with Crippen molar-refractivity contribution in [1.82, 2.24) is 10.2 Å². The molecule has 2 aromatic carbocycles. The van der Waals surface area contributed by atoms with Crippen molar-refractivity contribution in [3.63, 3.8) is 0 Å². The lowest BCUT2D eigenvalue weighted by atomic mass is 10.1. The van der Waals surface area contributed by atoms with Crippen LogP contribution in [0.5, 0.6) is 0 Å². The first-order valence-electron chi connectivity index (χ1n) is 9.79. The molecule has 2 aromatic rings. The van der Waals surface area contributed by atoms with Gasteiger partial charge in [0.25, 0.3) is 0 Å². The van der Waals surface area contributed by atoms with Crippen molar-refractivity contribution in [2.75, 3.05) is 6.54 Å². The Bertz CT molecular complexity index is 777. The van der Waals surface area contributed by atoms with Crippen molar-refractivity contribution < 1.29 is 14.0 Å². The maximum atomic E-state index is 14.0. The highest BCUT2D eigenvalue weighted by atomic mass is 19.1. The van der Waals surface area contributed by atoms with E-state index in [0.717, 1.165) is 5.56 Å². The predicted octanol–water partition coefficient (Wildman–Crippen LogP) is 3.74. The lowest BCUT2D eigenvalue weighted by Crippen LogP contribution is -2.51. The molecule has 0 bridgehead atoms. The van der Waals surface area contributed by atoms with Crippen molar-refractivity contribution in [2.24, 2.45) is 0 Å². The molecule has 4 nitrogen and oxygen atoms in total. The molecule has 2 amide bonds. The van der Waals surface area contributed by atoms with E-state index in [0.29, 0.717) is 24.9 Å². The van der Waals surface area contributed by atoms with Crippen LogP contribution in [0.3, 0.4) is 0 Å². The quantitative estimate of drug-likeness (QED) is 0.716. The first-order valence-corrected chi connectivity index (χ1v) is 9.79. The van der Waals surface area contributed by atoms with Gasteiger partial charge in [0.1, 0.15) is 11.9 Å². The Balaban J connectivity index is 2.21. The fraction of sp³-hybridized carbons (Fsp3) is 0.391. The summed E-state index contributed by atoms with van der Waals surface area (Å²) >= 11 is 0. The zero-order valence-electron chi connectivity index (χ0n) is 16.8. The molecular formula is C23H29FN2O2. The van der Waals surface area contributed by atoms with E-state index >= 15 is 0 Å². The summed E-state index contributed by atoms with van der Waals surface area (Å²) < 4.78 is 14.0. The standard InChI is InChI=1S/C23H29FN2O2/c1-4-21(23(28)25-17(2)3)26(15-14-18-10-6-5-7-11-18)22(27)16-19-12-8-9-13-20(19)24/h5-13,17,21H,4,14-16H2,1-3H3,(H,25,28). The molecule has 0 radical (unpaired) electrons. The highest BCUT2D eigenvalue weighted by Gasteiger charge is 2.28. The van der Waals surface area contributed by atoms with Crippen LogP contribution in [0.2, 0.25) is 0 Å². The first-order chi connectivity index (χ1) is 13.4. The number of hydrogen-bond donors (Lipinski definition) is 1. The predicted molar refractivity (Wildman–Crippen MR) is 109 cm³/mol. The topological polar surface area (TPSA) is 49.4 Å². The van der Waals surface area contributed by atoms with Gasteiger partial charge in [-0.15, -0.1) is 0 Å². The van der Waals surface area contributed by atoms with E-state index in [9.17, 15) is 14.0 Å². The maximum absolute atomic E-state index is 14.0. The molecule has 0 aliphatic rings. The van der Waals surface area contributed by atoms with Gasteiger partial charge in [-0.2, -0.15) is 0 Å². The number of carbonyl (C=O) groups excluding carboxylic acids is 2. The van der Waals surface area contributed by atoms with Crippen LogP contribution in [0.25, 0.3) is 0 Å². The summed E-state index contributed by atoms with van der Waals surface area (Å²) in [5.41, 5.74) is 1.43. The van der Waals surface area contributed by atoms with Gasteiger partial charge in [-0.1, -0.05) is 55.5 Å². The summed E-state index contributed by atoms with van der Waals surface area (Å²) in [4.78, 5) is 27.3. The molecule has 5 heteroatoms. The highest BCUT2D eigenvalue weighted by molar-refractivity contribution is 5.88. The Morgan fingerprint density at radius 2 is 1.68 bits per heavy atom. The van der Waals surface area contributed by atoms with Gasteiger partial charge in [0, 0.05) is 12.6 Å². The van der Waals surface area contributed by atoms with Crippen LogP contribution in [0, 0.1) is 5.82 Å². The smallest absolute Gasteiger partial charge is 0.242 e. The molecule has 0 saturated carbocycles. The summed E-state index contributed by atoms with van der Waals surface area (Å²) in [5, 5.41) is 2.90. The number of nitrogens with zero attached hydrogens (tertiary/aromatic N) is 1. The van der Waals surface area contributed by atoms with Crippen LogP contribution in [0.15, 0.2) is 54.6 Å². The second kappa shape index (κ2) is 10.6. The van der Waals surface area contributed by atoms with Crippen LogP contribution < -0.4 is 5.32 Å². The highest BCUT2D eigenvalue weighted by Crippen LogP contribution is 2.14. The normalized spacial score (nSPS) is 11.9. The van der Waals surface area contributed by atoms with Crippen LogP contribution in [0.4, 0.5) is 4.39 Å². The molecule has 0 spiro atoms. The Labute approximate surface area is 166 Å². The molecule has 2 rings (SSSR count). The molecule has 0 fully saturated rings. The maximum Gasteiger partial charge on any atom is 0.242 e. The summed E-state index contributed by atoms with van der Waals surface area (Å²) in [6.07, 6.45) is 1.07. The van der Waals surface area contributed by atoms with E-state index in [1.807, 2.05) is 51.1 Å². The van der Waals surface area contributed by atoms with E-state index in [1.165, 1.54) is 6.07 Å². The van der Waals surface area contributed by atoms with Gasteiger partial charge in [-0.25, -0.2) is 4.39 Å². The van der Waals surface area contributed by atoms with E-state index in [2.05, 4.69) is 5.32 Å². The van der Waals surface area contributed by atoms with Gasteiger partial charge in [-0.05, 0) is 43.9 Å². The van der Waals surface area contributed by atoms with Gasteiger partial charge >= 0.3 is 0 Å². The summed E-state index contributed by atoms with van der Waals surface area (Å²) in [5.74, 6) is -0.822. The van der Waals surface area contributed by atoms with Gasteiger partial charge in [0.15, 0.2) is 0 Å². The minimum atomic E-state index is -0.578. The second-order valence-corrected chi connectivity index (χ2v) is 7.18. The molecule has 1 N–H and O–H groups in total. The average molecular weight is 384 g/mol. The number of amides is 2. The SMILES string of the molecule is CCC(C(=O)NC(C)C)N(CCc1ccccc1)C(=O)Cc1ccccc1F. The zero-order chi connectivity index (χ0) is 20.5. The molecule has 0 aromatic heterocycles. The Morgan fingerprint density at radius 3 is 2.29 bits per heavy atom. The van der Waals surface area contributed by atoms with Crippen molar-refractivity contribution in [3.05, 3.63) is 71.5 Å². The number of nitrogens with one attached hydrogen (secondary N) is 1. The van der Waals surface area contributed by atoms with E-state index in [-0.39, 0.29) is 24.3 Å². The lowest BCUT2D eigenvalue weighted by molar-refractivity contribution is -0.140. The van der Waals surface area contributed by atoms with Crippen LogP contribution in [-0.2, 0) is 22.4 Å². The third-order valence-corrected chi connectivity index (χ3v) is 4.60. The minimum absolute atomic E-state index is 0.0146. The Kier molecular flexibility index (Phi) is 8.18. The van der Waals surface area contributed by atoms with Gasteiger partial charge in [0.2, 0.25) is 11.8 Å². The number of hydrogen-bond acceptors (Lipinski definition) is 2. The van der Waals surface area contributed by atoms with Crippen molar-refractivity contribution in [1.29, 1.82) is 0 Å². The molecule has 28 heavy (non-hydrogen) atoms. The van der Waals surface area contributed by atoms with Crippen LogP contribution in [0.1, 0.15) is 38.3 Å². The molecular weight excluding hydrogens is 355 g/mol. The number of carbonyl (C=O) groups is 2. The van der Waals surface area contributed by atoms with Gasteiger partial charge in [0.05, 0.1) is 6.42 Å². The van der Waals surface area contributed by atoms with E-state index < -0.39 is 11.9 Å². The third kappa shape index (κ3) is 6.19. The molecule has 0 saturated heterocycles. The number of rotatable bonds is 9. The fourth-order valence-corrected chi connectivity index (χ4v) is 3.18. The minimum Gasteiger partial charge on any atom is -0.352 e. The van der Waals surface area contributed by atoms with Crippen molar-refractivity contribution in [3.8, 4) is 0 Å². The first kappa shape index (κ1) is 21.6. The monoisotopic (exact) mass is 384 g/mol. The van der Waals surface area contributed by atoms with Crippen molar-refractivity contribution >= 4 is 11.8 Å². The van der Waals surface area contributed by atoms with Crippen LogP contribution >= 0.6 is 0 Å².